The molecule has 0 atom stereocenters. The van der Waals surface area contributed by atoms with Crippen molar-refractivity contribution in [2.75, 3.05) is 11.4 Å². The van der Waals surface area contributed by atoms with Crippen molar-refractivity contribution in [3.8, 4) is 0 Å². The zero-order valence-corrected chi connectivity index (χ0v) is 18.9. The van der Waals surface area contributed by atoms with Gasteiger partial charge in [-0.05, 0) is 36.8 Å². The summed E-state index contributed by atoms with van der Waals surface area (Å²) in [5.41, 5.74) is 0.650. The van der Waals surface area contributed by atoms with Crippen molar-refractivity contribution in [1.29, 1.82) is 0 Å². The highest BCUT2D eigenvalue weighted by Gasteiger charge is 2.31. The molecule has 0 fully saturated rings. The molecular formula is C24H22F3N3O2S. The Morgan fingerprint density at radius 3 is 2.45 bits per heavy atom. The highest BCUT2D eigenvalue weighted by atomic mass is 32.1. The van der Waals surface area contributed by atoms with Crippen LogP contribution in [0.4, 0.5) is 24.0 Å². The molecule has 172 valence electrons. The summed E-state index contributed by atoms with van der Waals surface area (Å²) < 4.78 is 39.3. The second-order valence-electron chi connectivity index (χ2n) is 7.13. The van der Waals surface area contributed by atoms with Gasteiger partial charge in [-0.1, -0.05) is 36.4 Å². The van der Waals surface area contributed by atoms with E-state index in [0.29, 0.717) is 18.8 Å². The van der Waals surface area contributed by atoms with Crippen LogP contribution >= 0.6 is 11.3 Å². The van der Waals surface area contributed by atoms with Gasteiger partial charge in [0.2, 0.25) is 11.8 Å². The summed E-state index contributed by atoms with van der Waals surface area (Å²) in [6, 6.07) is 14.1. The summed E-state index contributed by atoms with van der Waals surface area (Å²) in [5, 5.41) is 1.85. The highest BCUT2D eigenvalue weighted by molar-refractivity contribution is 7.14. The van der Waals surface area contributed by atoms with E-state index >= 15 is 0 Å². The SMILES string of the molecule is CCN(Cc1ccccc1)C(=O)/C=C/c1csc(N(C(C)=O)c2cccc(C(F)(F)F)c2)n1. The topological polar surface area (TPSA) is 53.5 Å². The first-order valence-corrected chi connectivity index (χ1v) is 11.0. The summed E-state index contributed by atoms with van der Waals surface area (Å²) in [7, 11) is 0. The Morgan fingerprint density at radius 1 is 1.09 bits per heavy atom. The van der Waals surface area contributed by atoms with E-state index in [4.69, 9.17) is 0 Å². The number of nitrogens with zero attached hydrogens (tertiary/aromatic N) is 3. The Kier molecular flexibility index (Phi) is 7.65. The minimum atomic E-state index is -4.53. The Morgan fingerprint density at radius 2 is 1.82 bits per heavy atom. The predicted molar refractivity (Wildman–Crippen MR) is 123 cm³/mol. The van der Waals surface area contributed by atoms with Gasteiger partial charge in [-0.3, -0.25) is 14.5 Å². The number of amides is 2. The normalized spacial score (nSPS) is 11.5. The molecule has 1 heterocycles. The Bertz CT molecular complexity index is 1140. The molecule has 0 aliphatic carbocycles. The number of hydrogen-bond donors (Lipinski definition) is 0. The van der Waals surface area contributed by atoms with Gasteiger partial charge in [0, 0.05) is 31.5 Å². The van der Waals surface area contributed by atoms with Gasteiger partial charge in [-0.25, -0.2) is 4.98 Å². The van der Waals surface area contributed by atoms with Gasteiger partial charge in [0.15, 0.2) is 5.13 Å². The molecule has 3 aromatic rings. The van der Waals surface area contributed by atoms with Crippen LogP contribution in [0, 0.1) is 0 Å². The van der Waals surface area contributed by atoms with Crippen molar-refractivity contribution in [3.63, 3.8) is 0 Å². The van der Waals surface area contributed by atoms with Crippen molar-refractivity contribution < 1.29 is 22.8 Å². The first-order chi connectivity index (χ1) is 15.7. The van der Waals surface area contributed by atoms with Crippen LogP contribution in [-0.4, -0.2) is 28.2 Å². The molecule has 2 aromatic carbocycles. The Balaban J connectivity index is 1.77. The van der Waals surface area contributed by atoms with Gasteiger partial charge in [0.05, 0.1) is 16.9 Å². The quantitative estimate of drug-likeness (QED) is 0.401. The van der Waals surface area contributed by atoms with Crippen LogP contribution in [-0.2, 0) is 22.3 Å². The predicted octanol–water partition coefficient (Wildman–Crippen LogP) is 5.91. The van der Waals surface area contributed by atoms with Crippen LogP contribution in [0.2, 0.25) is 0 Å². The summed E-state index contributed by atoms with van der Waals surface area (Å²) in [4.78, 5) is 31.9. The minimum Gasteiger partial charge on any atom is -0.335 e. The first-order valence-electron chi connectivity index (χ1n) is 10.1. The summed E-state index contributed by atoms with van der Waals surface area (Å²) in [5.74, 6) is -0.674. The van der Waals surface area contributed by atoms with E-state index in [2.05, 4.69) is 4.98 Å². The second-order valence-corrected chi connectivity index (χ2v) is 7.97. The smallest absolute Gasteiger partial charge is 0.335 e. The molecule has 9 heteroatoms. The average molecular weight is 474 g/mol. The van der Waals surface area contributed by atoms with Crippen molar-refractivity contribution in [2.45, 2.75) is 26.6 Å². The van der Waals surface area contributed by atoms with Crippen LogP contribution in [0.5, 0.6) is 0 Å². The van der Waals surface area contributed by atoms with Crippen molar-refractivity contribution in [1.82, 2.24) is 9.88 Å². The molecule has 0 saturated carbocycles. The molecule has 0 radical (unpaired) electrons. The minimum absolute atomic E-state index is 0.0679. The van der Waals surface area contributed by atoms with Crippen LogP contribution in [0.15, 0.2) is 66.1 Å². The van der Waals surface area contributed by atoms with Gasteiger partial charge >= 0.3 is 6.18 Å². The van der Waals surface area contributed by atoms with Gasteiger partial charge in [0.1, 0.15) is 0 Å². The average Bonchev–Trinajstić information content (AvgIpc) is 3.24. The molecule has 33 heavy (non-hydrogen) atoms. The third kappa shape index (κ3) is 6.29. The molecule has 0 aliphatic heterocycles. The summed E-state index contributed by atoms with van der Waals surface area (Å²) >= 11 is 1.10. The zero-order chi connectivity index (χ0) is 24.0. The van der Waals surface area contributed by atoms with E-state index in [1.807, 2.05) is 37.3 Å². The van der Waals surface area contributed by atoms with Gasteiger partial charge in [0.25, 0.3) is 0 Å². The maximum atomic E-state index is 13.1. The molecule has 1 aromatic heterocycles. The number of carbonyl (C=O) groups is 2. The number of carbonyl (C=O) groups excluding carboxylic acids is 2. The number of likely N-dealkylation sites (N-methyl/N-ethyl adjacent to an activating group) is 1. The summed E-state index contributed by atoms with van der Waals surface area (Å²) in [6.45, 7) is 4.13. The van der Waals surface area contributed by atoms with Crippen molar-refractivity contribution in [3.05, 3.63) is 82.9 Å². The van der Waals surface area contributed by atoms with E-state index in [1.165, 1.54) is 31.2 Å². The van der Waals surface area contributed by atoms with E-state index in [-0.39, 0.29) is 16.7 Å². The van der Waals surface area contributed by atoms with E-state index < -0.39 is 17.6 Å². The fourth-order valence-corrected chi connectivity index (χ4v) is 3.97. The molecule has 0 spiro atoms. The Labute approximate surface area is 193 Å². The molecule has 0 N–H and O–H groups in total. The lowest BCUT2D eigenvalue weighted by Crippen LogP contribution is -2.28. The van der Waals surface area contributed by atoms with Crippen LogP contribution in [0.1, 0.15) is 30.7 Å². The van der Waals surface area contributed by atoms with Crippen molar-refractivity contribution in [2.24, 2.45) is 0 Å². The van der Waals surface area contributed by atoms with Crippen LogP contribution in [0.25, 0.3) is 6.08 Å². The number of aromatic nitrogens is 1. The fourth-order valence-electron chi connectivity index (χ4n) is 3.12. The fraction of sp³-hybridized carbons (Fsp3) is 0.208. The van der Waals surface area contributed by atoms with Crippen LogP contribution in [0.3, 0.4) is 0 Å². The van der Waals surface area contributed by atoms with Crippen molar-refractivity contribution >= 4 is 40.0 Å². The molecule has 2 amide bonds. The van der Waals surface area contributed by atoms with E-state index in [1.54, 1.807) is 10.3 Å². The number of thiazole rings is 1. The monoisotopic (exact) mass is 473 g/mol. The second kappa shape index (κ2) is 10.4. The van der Waals surface area contributed by atoms with E-state index in [0.717, 1.165) is 33.9 Å². The molecule has 0 unspecified atom stereocenters. The lowest BCUT2D eigenvalue weighted by Gasteiger charge is -2.19. The standard InChI is InChI=1S/C24H22F3N3O2S/c1-3-29(15-18-8-5-4-6-9-18)22(32)13-12-20-16-33-23(28-20)30(17(2)31)21-11-7-10-19(14-21)24(25,26)27/h4-14,16H,3,15H2,1-2H3/b13-12+. The maximum absolute atomic E-state index is 13.1. The Hall–Kier alpha value is -3.46. The van der Waals surface area contributed by atoms with E-state index in [9.17, 15) is 22.8 Å². The third-order valence-electron chi connectivity index (χ3n) is 4.75. The summed E-state index contributed by atoms with van der Waals surface area (Å²) in [6.07, 6.45) is -1.60. The molecule has 0 saturated heterocycles. The van der Waals surface area contributed by atoms with Gasteiger partial charge in [-0.2, -0.15) is 13.2 Å². The molecular weight excluding hydrogens is 451 g/mol. The number of rotatable bonds is 7. The zero-order valence-electron chi connectivity index (χ0n) is 18.0. The maximum Gasteiger partial charge on any atom is 0.416 e. The number of anilines is 2. The molecule has 0 bridgehead atoms. The molecule has 3 rings (SSSR count). The first kappa shape index (κ1) is 24.2. The van der Waals surface area contributed by atoms with Gasteiger partial charge in [-0.15, -0.1) is 11.3 Å². The third-order valence-corrected chi connectivity index (χ3v) is 5.60. The lowest BCUT2D eigenvalue weighted by molar-refractivity contribution is -0.137. The number of benzene rings is 2. The molecule has 0 aliphatic rings. The van der Waals surface area contributed by atoms with Crippen LogP contribution < -0.4 is 4.90 Å². The number of halogens is 3. The number of alkyl halides is 3. The largest absolute Gasteiger partial charge is 0.416 e. The molecule has 5 nitrogen and oxygen atoms in total. The number of hydrogen-bond acceptors (Lipinski definition) is 4. The lowest BCUT2D eigenvalue weighted by atomic mass is 10.2. The highest BCUT2D eigenvalue weighted by Crippen LogP contribution is 2.35. The van der Waals surface area contributed by atoms with Gasteiger partial charge < -0.3 is 4.90 Å².